The van der Waals surface area contributed by atoms with Crippen molar-refractivity contribution in [3.63, 3.8) is 0 Å². The maximum Gasteiger partial charge on any atom is 0.300 e. The Morgan fingerprint density at radius 2 is 1.94 bits per heavy atom. The van der Waals surface area contributed by atoms with E-state index < -0.39 is 36.7 Å². The maximum absolute atomic E-state index is 9.37. The van der Waals surface area contributed by atoms with Crippen LogP contribution < -0.4 is 5.73 Å². The summed E-state index contributed by atoms with van der Waals surface area (Å²) in [6.45, 7) is 0.280. The molecule has 1 aliphatic rings. The summed E-state index contributed by atoms with van der Waals surface area (Å²) in [4.78, 5) is 9.00. The van der Waals surface area contributed by atoms with Crippen molar-refractivity contribution in [3.8, 4) is 0 Å². The molecule has 0 amide bonds. The molecule has 1 rings (SSSR count). The molecule has 0 aliphatic carbocycles. The lowest BCUT2D eigenvalue weighted by Gasteiger charge is -2.23. The number of nitrogens with two attached hydrogens (primary N) is 1. The second kappa shape index (κ2) is 6.09. The zero-order valence-electron chi connectivity index (χ0n) is 8.78. The van der Waals surface area contributed by atoms with E-state index in [1.165, 1.54) is 0 Å². The molecule has 0 aromatic heterocycles. The van der Waals surface area contributed by atoms with Crippen LogP contribution in [-0.2, 0) is 9.53 Å². The topological polar surface area (TPSA) is 153 Å². The van der Waals surface area contributed by atoms with Crippen LogP contribution in [0.3, 0.4) is 0 Å². The van der Waals surface area contributed by atoms with Gasteiger partial charge in [-0.3, -0.25) is 4.79 Å². The molecular weight excluding hydrogens is 222 g/mol. The van der Waals surface area contributed by atoms with Gasteiger partial charge in [-0.1, -0.05) is 0 Å². The number of carboxylic acids is 1. The fourth-order valence-corrected chi connectivity index (χ4v) is 1.19. The van der Waals surface area contributed by atoms with Gasteiger partial charge in [0.25, 0.3) is 5.97 Å². The second-order valence-electron chi connectivity index (χ2n) is 3.34. The predicted octanol–water partition coefficient (Wildman–Crippen LogP) is -3.16. The molecular formula is C8H17NO7. The van der Waals surface area contributed by atoms with E-state index >= 15 is 0 Å². The molecule has 1 aliphatic heterocycles. The monoisotopic (exact) mass is 239 g/mol. The maximum atomic E-state index is 9.37. The molecule has 1 unspecified atom stereocenters. The highest BCUT2D eigenvalue weighted by molar-refractivity contribution is 5.62. The van der Waals surface area contributed by atoms with E-state index in [1.54, 1.807) is 0 Å². The van der Waals surface area contributed by atoms with Crippen LogP contribution >= 0.6 is 0 Å². The number of ether oxygens (including phenoxy) is 1. The molecule has 0 aromatic rings. The van der Waals surface area contributed by atoms with Gasteiger partial charge in [0.05, 0.1) is 6.61 Å². The van der Waals surface area contributed by atoms with Crippen LogP contribution in [0.5, 0.6) is 0 Å². The van der Waals surface area contributed by atoms with Gasteiger partial charge in [-0.05, 0) is 0 Å². The largest absolute Gasteiger partial charge is 0.481 e. The number of carboxylic acid groups (broad SMARTS) is 1. The Kier molecular flexibility index (Phi) is 5.79. The van der Waals surface area contributed by atoms with E-state index in [1.807, 2.05) is 0 Å². The van der Waals surface area contributed by atoms with Crippen LogP contribution in [0.25, 0.3) is 0 Å². The van der Waals surface area contributed by atoms with Crippen molar-refractivity contribution in [2.45, 2.75) is 31.0 Å². The third-order valence-electron chi connectivity index (χ3n) is 1.99. The van der Waals surface area contributed by atoms with Gasteiger partial charge in [0, 0.05) is 13.5 Å². The summed E-state index contributed by atoms with van der Waals surface area (Å²) in [7, 11) is 0. The van der Waals surface area contributed by atoms with Gasteiger partial charge in [0.2, 0.25) is 5.79 Å². The third kappa shape index (κ3) is 3.67. The summed E-state index contributed by atoms with van der Waals surface area (Å²) in [5.41, 5.74) is 5.11. The first-order chi connectivity index (χ1) is 7.28. The normalized spacial score (nSPS) is 37.8. The Balaban J connectivity index is 0.000000487. The first kappa shape index (κ1) is 15.2. The molecule has 96 valence electrons. The van der Waals surface area contributed by atoms with Gasteiger partial charge in [-0.25, -0.2) is 0 Å². The average Bonchev–Trinajstić information content (AvgIpc) is 2.43. The Labute approximate surface area is 91.9 Å². The summed E-state index contributed by atoms with van der Waals surface area (Å²) in [5, 5.41) is 43.8. The van der Waals surface area contributed by atoms with Gasteiger partial charge >= 0.3 is 0 Å². The van der Waals surface area contributed by atoms with Crippen LogP contribution in [-0.4, -0.2) is 68.8 Å². The minimum absolute atomic E-state index is 0.332. The van der Waals surface area contributed by atoms with Crippen LogP contribution in [0.15, 0.2) is 0 Å². The SMILES string of the molecule is CC(=O)O.NCC1(O)O[C@H](CO)[C@@H](O)[C@@H]1O. The van der Waals surface area contributed by atoms with Gasteiger partial charge < -0.3 is 36.0 Å². The molecule has 4 atom stereocenters. The van der Waals surface area contributed by atoms with Gasteiger partial charge in [0.15, 0.2) is 0 Å². The number of aliphatic hydroxyl groups excluding tert-OH is 3. The van der Waals surface area contributed by atoms with Crippen molar-refractivity contribution in [2.24, 2.45) is 5.73 Å². The first-order valence-electron chi connectivity index (χ1n) is 4.55. The van der Waals surface area contributed by atoms with E-state index in [0.717, 1.165) is 6.92 Å². The summed E-state index contributed by atoms with van der Waals surface area (Å²) in [5.74, 6) is -2.77. The molecule has 0 spiro atoms. The van der Waals surface area contributed by atoms with Crippen LogP contribution in [0, 0.1) is 0 Å². The summed E-state index contributed by atoms with van der Waals surface area (Å²) >= 11 is 0. The highest BCUT2D eigenvalue weighted by Crippen LogP contribution is 2.27. The highest BCUT2D eigenvalue weighted by atomic mass is 16.7. The highest BCUT2D eigenvalue weighted by Gasteiger charge is 2.52. The lowest BCUT2D eigenvalue weighted by molar-refractivity contribution is -0.222. The number of hydrogen-bond donors (Lipinski definition) is 6. The molecule has 1 heterocycles. The molecule has 0 saturated carbocycles. The van der Waals surface area contributed by atoms with Gasteiger partial charge in [-0.15, -0.1) is 0 Å². The number of carbonyl (C=O) groups is 1. The summed E-state index contributed by atoms with van der Waals surface area (Å²) in [6, 6.07) is 0. The molecule has 1 fully saturated rings. The second-order valence-corrected chi connectivity index (χ2v) is 3.34. The fraction of sp³-hybridized carbons (Fsp3) is 0.875. The van der Waals surface area contributed by atoms with E-state index in [9.17, 15) is 15.3 Å². The summed E-state index contributed by atoms with van der Waals surface area (Å²) in [6.07, 6.45) is -3.75. The van der Waals surface area contributed by atoms with Crippen molar-refractivity contribution in [3.05, 3.63) is 0 Å². The molecule has 0 radical (unpaired) electrons. The lowest BCUT2D eigenvalue weighted by Crippen LogP contribution is -2.48. The van der Waals surface area contributed by atoms with E-state index in [-0.39, 0.29) is 6.54 Å². The van der Waals surface area contributed by atoms with Crippen molar-refractivity contribution in [1.29, 1.82) is 0 Å². The molecule has 8 nitrogen and oxygen atoms in total. The Hall–Kier alpha value is -0.770. The number of hydrogen-bond acceptors (Lipinski definition) is 7. The minimum Gasteiger partial charge on any atom is -0.481 e. The van der Waals surface area contributed by atoms with Crippen LogP contribution in [0.1, 0.15) is 6.92 Å². The molecule has 7 N–H and O–H groups in total. The Morgan fingerprint density at radius 1 is 1.50 bits per heavy atom. The van der Waals surface area contributed by atoms with Crippen LogP contribution in [0.2, 0.25) is 0 Å². The third-order valence-corrected chi connectivity index (χ3v) is 1.99. The van der Waals surface area contributed by atoms with Gasteiger partial charge in [0.1, 0.15) is 18.3 Å². The Morgan fingerprint density at radius 3 is 2.12 bits per heavy atom. The average molecular weight is 239 g/mol. The minimum atomic E-state index is -1.94. The zero-order valence-corrected chi connectivity index (χ0v) is 8.78. The number of aliphatic hydroxyl groups is 4. The standard InChI is InChI=1S/C6H13NO5.C2H4O2/c7-2-6(11)5(10)4(9)3(1-8)12-6;1-2(3)4/h3-5,8-11H,1-2,7H2;1H3,(H,3,4)/t3-,4-,5+,6?;/m1./s1. The molecule has 1 saturated heterocycles. The molecule has 0 aromatic carbocycles. The predicted molar refractivity (Wildman–Crippen MR) is 51.3 cm³/mol. The fourth-order valence-electron chi connectivity index (χ4n) is 1.19. The zero-order chi connectivity index (χ0) is 12.9. The molecule has 16 heavy (non-hydrogen) atoms. The van der Waals surface area contributed by atoms with E-state index in [4.69, 9.17) is 25.5 Å². The van der Waals surface area contributed by atoms with Crippen molar-refractivity contribution < 1.29 is 35.1 Å². The van der Waals surface area contributed by atoms with Crippen molar-refractivity contribution in [1.82, 2.24) is 0 Å². The van der Waals surface area contributed by atoms with E-state index in [2.05, 4.69) is 0 Å². The van der Waals surface area contributed by atoms with Crippen molar-refractivity contribution in [2.75, 3.05) is 13.2 Å². The number of rotatable bonds is 2. The smallest absolute Gasteiger partial charge is 0.300 e. The Bertz CT molecular complexity index is 232. The van der Waals surface area contributed by atoms with Crippen molar-refractivity contribution >= 4 is 5.97 Å². The first-order valence-corrected chi connectivity index (χ1v) is 4.55. The molecule has 0 bridgehead atoms. The quantitative estimate of drug-likeness (QED) is 0.295. The lowest BCUT2D eigenvalue weighted by atomic mass is 10.1. The number of aliphatic carboxylic acids is 1. The van der Waals surface area contributed by atoms with Gasteiger partial charge in [-0.2, -0.15) is 0 Å². The molecule has 8 heteroatoms. The summed E-state index contributed by atoms with van der Waals surface area (Å²) < 4.78 is 4.75. The van der Waals surface area contributed by atoms with Crippen LogP contribution in [0.4, 0.5) is 0 Å². The van der Waals surface area contributed by atoms with E-state index in [0.29, 0.717) is 0 Å².